The van der Waals surface area contributed by atoms with Gasteiger partial charge >= 0.3 is 6.36 Å². The third-order valence-corrected chi connectivity index (χ3v) is 2.76. The average molecular weight is 292 g/mol. The fourth-order valence-corrected chi connectivity index (χ4v) is 1.93. The van der Waals surface area contributed by atoms with Crippen molar-refractivity contribution in [2.75, 3.05) is 6.61 Å². The Labute approximate surface area is 116 Å². The van der Waals surface area contributed by atoms with Gasteiger partial charge < -0.3 is 14.6 Å². The second-order valence-corrected chi connectivity index (χ2v) is 4.73. The van der Waals surface area contributed by atoms with Crippen LogP contribution in [0.15, 0.2) is 24.3 Å². The highest BCUT2D eigenvalue weighted by Crippen LogP contribution is 2.29. The second-order valence-electron chi connectivity index (χ2n) is 4.73. The van der Waals surface area contributed by atoms with Crippen molar-refractivity contribution in [3.05, 3.63) is 29.8 Å². The average Bonchev–Trinajstić information content (AvgIpc) is 2.33. The largest absolute Gasteiger partial charge is 0.573 e. The SMILES string of the molecule is CCOC(C(C)C)C(O)c1cccc(OC(F)(F)F)c1. The molecule has 0 fully saturated rings. The van der Waals surface area contributed by atoms with Crippen molar-refractivity contribution in [2.24, 2.45) is 5.92 Å². The summed E-state index contributed by atoms with van der Waals surface area (Å²) >= 11 is 0. The maximum absolute atomic E-state index is 12.2. The van der Waals surface area contributed by atoms with Crippen LogP contribution >= 0.6 is 0 Å². The predicted molar refractivity (Wildman–Crippen MR) is 68.3 cm³/mol. The van der Waals surface area contributed by atoms with E-state index in [1.165, 1.54) is 18.2 Å². The Morgan fingerprint density at radius 3 is 2.40 bits per heavy atom. The van der Waals surface area contributed by atoms with Crippen molar-refractivity contribution in [1.29, 1.82) is 0 Å². The summed E-state index contributed by atoms with van der Waals surface area (Å²) in [6, 6.07) is 5.31. The van der Waals surface area contributed by atoms with Crippen LogP contribution in [0.5, 0.6) is 5.75 Å². The molecular formula is C14H19F3O3. The van der Waals surface area contributed by atoms with Gasteiger partial charge in [0.1, 0.15) is 11.9 Å². The van der Waals surface area contributed by atoms with E-state index in [0.29, 0.717) is 12.2 Å². The van der Waals surface area contributed by atoms with E-state index in [0.717, 1.165) is 0 Å². The molecule has 0 aliphatic carbocycles. The van der Waals surface area contributed by atoms with E-state index in [1.807, 2.05) is 13.8 Å². The number of hydrogen-bond donors (Lipinski definition) is 1. The molecule has 0 heterocycles. The van der Waals surface area contributed by atoms with Crippen LogP contribution in [-0.2, 0) is 4.74 Å². The zero-order chi connectivity index (χ0) is 15.3. The summed E-state index contributed by atoms with van der Waals surface area (Å²) in [4.78, 5) is 0. The summed E-state index contributed by atoms with van der Waals surface area (Å²) in [5.74, 6) is -0.329. The van der Waals surface area contributed by atoms with Gasteiger partial charge in [0.15, 0.2) is 0 Å². The number of ether oxygens (including phenoxy) is 2. The molecule has 1 rings (SSSR count). The van der Waals surface area contributed by atoms with E-state index in [1.54, 1.807) is 13.0 Å². The fourth-order valence-electron chi connectivity index (χ4n) is 1.93. The minimum absolute atomic E-state index is 0.0251. The molecule has 0 amide bonds. The van der Waals surface area contributed by atoms with Crippen LogP contribution in [0, 0.1) is 5.92 Å². The Balaban J connectivity index is 2.92. The van der Waals surface area contributed by atoms with Crippen molar-refractivity contribution >= 4 is 0 Å². The molecule has 0 aliphatic heterocycles. The van der Waals surface area contributed by atoms with Crippen molar-refractivity contribution < 1.29 is 27.8 Å². The predicted octanol–water partition coefficient (Wildman–Crippen LogP) is 3.68. The van der Waals surface area contributed by atoms with Crippen molar-refractivity contribution in [1.82, 2.24) is 0 Å². The summed E-state index contributed by atoms with van der Waals surface area (Å²) < 4.78 is 45.8. The van der Waals surface area contributed by atoms with E-state index in [4.69, 9.17) is 4.74 Å². The van der Waals surface area contributed by atoms with Crippen LogP contribution in [0.3, 0.4) is 0 Å². The monoisotopic (exact) mass is 292 g/mol. The molecule has 0 aliphatic rings. The lowest BCUT2D eigenvalue weighted by Crippen LogP contribution is -2.28. The van der Waals surface area contributed by atoms with Crippen LogP contribution in [0.2, 0.25) is 0 Å². The first-order valence-electron chi connectivity index (χ1n) is 6.40. The van der Waals surface area contributed by atoms with E-state index in [-0.39, 0.29) is 11.7 Å². The summed E-state index contributed by atoms with van der Waals surface area (Å²) in [5, 5.41) is 10.2. The highest BCUT2D eigenvalue weighted by atomic mass is 19.4. The van der Waals surface area contributed by atoms with Crippen LogP contribution in [0.1, 0.15) is 32.4 Å². The molecule has 3 nitrogen and oxygen atoms in total. The highest BCUT2D eigenvalue weighted by molar-refractivity contribution is 5.30. The smallest absolute Gasteiger partial charge is 0.406 e. The first-order valence-corrected chi connectivity index (χ1v) is 6.40. The second kappa shape index (κ2) is 6.95. The number of halogens is 3. The van der Waals surface area contributed by atoms with Gasteiger partial charge in [-0.05, 0) is 30.5 Å². The van der Waals surface area contributed by atoms with E-state index in [2.05, 4.69) is 4.74 Å². The van der Waals surface area contributed by atoms with Crippen molar-refractivity contribution in [3.63, 3.8) is 0 Å². The van der Waals surface area contributed by atoms with Gasteiger partial charge in [0, 0.05) is 6.61 Å². The number of rotatable bonds is 6. The Hall–Kier alpha value is -1.27. The Bertz CT molecular complexity index is 418. The Kier molecular flexibility index (Phi) is 5.83. The first-order chi connectivity index (χ1) is 9.24. The minimum atomic E-state index is -4.75. The lowest BCUT2D eigenvalue weighted by molar-refractivity contribution is -0.274. The quantitative estimate of drug-likeness (QED) is 0.869. The lowest BCUT2D eigenvalue weighted by Gasteiger charge is -2.26. The van der Waals surface area contributed by atoms with Gasteiger partial charge in [0.2, 0.25) is 0 Å². The molecule has 2 unspecified atom stereocenters. The molecule has 1 aromatic rings. The number of aliphatic hydroxyl groups is 1. The zero-order valence-corrected chi connectivity index (χ0v) is 11.6. The molecule has 0 spiro atoms. The number of benzene rings is 1. The zero-order valence-electron chi connectivity index (χ0n) is 11.6. The first kappa shape index (κ1) is 16.8. The maximum Gasteiger partial charge on any atom is 0.573 e. The van der Waals surface area contributed by atoms with Gasteiger partial charge in [-0.3, -0.25) is 0 Å². The van der Waals surface area contributed by atoms with Gasteiger partial charge in [0.05, 0.1) is 6.10 Å². The molecule has 0 bridgehead atoms. The standard InChI is InChI=1S/C14H19F3O3/c1-4-19-13(9(2)3)12(18)10-6-5-7-11(8-10)20-14(15,16)17/h5-9,12-13,18H,4H2,1-3H3. The Morgan fingerprint density at radius 2 is 1.90 bits per heavy atom. The van der Waals surface area contributed by atoms with Crippen LogP contribution in [0.4, 0.5) is 13.2 Å². The molecule has 1 aromatic carbocycles. The van der Waals surface area contributed by atoms with Crippen LogP contribution in [-0.4, -0.2) is 24.2 Å². The van der Waals surface area contributed by atoms with Gasteiger partial charge in [-0.1, -0.05) is 26.0 Å². The maximum atomic E-state index is 12.2. The third-order valence-electron chi connectivity index (χ3n) is 2.76. The third kappa shape index (κ3) is 5.02. The molecule has 0 saturated carbocycles. The molecule has 2 atom stereocenters. The van der Waals surface area contributed by atoms with Crippen LogP contribution in [0.25, 0.3) is 0 Å². The topological polar surface area (TPSA) is 38.7 Å². The van der Waals surface area contributed by atoms with Crippen molar-refractivity contribution in [2.45, 2.75) is 39.3 Å². The molecule has 20 heavy (non-hydrogen) atoms. The van der Waals surface area contributed by atoms with E-state index in [9.17, 15) is 18.3 Å². The molecule has 114 valence electrons. The van der Waals surface area contributed by atoms with Gasteiger partial charge in [0.25, 0.3) is 0 Å². The highest BCUT2D eigenvalue weighted by Gasteiger charge is 2.31. The van der Waals surface area contributed by atoms with E-state index >= 15 is 0 Å². The summed E-state index contributed by atoms with van der Waals surface area (Å²) in [5.41, 5.74) is 0.332. The molecular weight excluding hydrogens is 273 g/mol. The van der Waals surface area contributed by atoms with Gasteiger partial charge in [-0.25, -0.2) is 0 Å². The molecule has 0 saturated heterocycles. The fraction of sp³-hybridized carbons (Fsp3) is 0.571. The van der Waals surface area contributed by atoms with Gasteiger partial charge in [-0.2, -0.15) is 0 Å². The summed E-state index contributed by atoms with van der Waals surface area (Å²) in [7, 11) is 0. The lowest BCUT2D eigenvalue weighted by atomic mass is 9.96. The molecule has 0 aromatic heterocycles. The Morgan fingerprint density at radius 1 is 1.25 bits per heavy atom. The van der Waals surface area contributed by atoms with E-state index < -0.39 is 18.6 Å². The summed E-state index contributed by atoms with van der Waals surface area (Å²) in [6.07, 6.45) is -6.24. The number of hydrogen-bond acceptors (Lipinski definition) is 3. The van der Waals surface area contributed by atoms with Crippen molar-refractivity contribution in [3.8, 4) is 5.75 Å². The van der Waals surface area contributed by atoms with Crippen LogP contribution < -0.4 is 4.74 Å². The molecule has 0 radical (unpaired) electrons. The number of aliphatic hydroxyl groups excluding tert-OH is 1. The number of alkyl halides is 3. The minimum Gasteiger partial charge on any atom is -0.406 e. The summed E-state index contributed by atoms with van der Waals surface area (Å²) in [6.45, 7) is 5.96. The molecule has 6 heteroatoms. The normalized spacial score (nSPS) is 15.2. The molecule has 1 N–H and O–H groups in total. The van der Waals surface area contributed by atoms with Gasteiger partial charge in [-0.15, -0.1) is 13.2 Å².